The number of nitrogens with zero attached hydrogens (tertiary/aromatic N) is 1. The summed E-state index contributed by atoms with van der Waals surface area (Å²) in [7, 11) is 1.62. The first kappa shape index (κ1) is 15.3. The highest BCUT2D eigenvalue weighted by molar-refractivity contribution is 5.41. The average molecular weight is 290 g/mol. The molecule has 112 valence electrons. The Morgan fingerprint density at radius 2 is 2.05 bits per heavy atom. The van der Waals surface area contributed by atoms with Crippen molar-refractivity contribution in [2.75, 3.05) is 7.11 Å². The quantitative estimate of drug-likeness (QED) is 0.920. The van der Waals surface area contributed by atoms with Gasteiger partial charge in [0.25, 0.3) is 0 Å². The molecule has 0 bridgehead atoms. The largest absolute Gasteiger partial charge is 0.496 e. The molecule has 0 saturated carbocycles. The maximum Gasteiger partial charge on any atom is 0.131 e. The number of hydrogen-bond acceptors (Lipinski definition) is 4. The molecule has 0 aliphatic heterocycles. The second-order valence-corrected chi connectivity index (χ2v) is 4.76. The number of hydrogen-bond donors (Lipinski definition) is 1. The van der Waals surface area contributed by atoms with Gasteiger partial charge >= 0.3 is 0 Å². The van der Waals surface area contributed by atoms with Crippen LogP contribution in [-0.4, -0.2) is 12.1 Å². The van der Waals surface area contributed by atoms with Gasteiger partial charge in [0.05, 0.1) is 12.8 Å². The van der Waals surface area contributed by atoms with Crippen molar-refractivity contribution in [2.24, 2.45) is 5.73 Å². The summed E-state index contributed by atoms with van der Waals surface area (Å²) in [4.78, 5) is 4.35. The van der Waals surface area contributed by atoms with Gasteiger partial charge in [0, 0.05) is 29.4 Å². The molecule has 2 N–H and O–H groups in total. The van der Waals surface area contributed by atoms with E-state index in [0.29, 0.717) is 11.3 Å². The Morgan fingerprint density at radius 3 is 2.71 bits per heavy atom. The van der Waals surface area contributed by atoms with Crippen LogP contribution in [0.4, 0.5) is 4.39 Å². The van der Waals surface area contributed by atoms with Crippen LogP contribution in [0.3, 0.4) is 0 Å². The molecule has 0 amide bonds. The lowest BCUT2D eigenvalue weighted by Crippen LogP contribution is -2.07. The molecule has 2 aromatic rings. The smallest absolute Gasteiger partial charge is 0.131 e. The summed E-state index contributed by atoms with van der Waals surface area (Å²) >= 11 is 0. The van der Waals surface area contributed by atoms with Gasteiger partial charge in [-0.25, -0.2) is 4.39 Å². The Balaban J connectivity index is 2.23. The van der Waals surface area contributed by atoms with Crippen LogP contribution < -0.4 is 15.2 Å². The first-order chi connectivity index (χ1) is 10.1. The van der Waals surface area contributed by atoms with Crippen LogP contribution in [0.5, 0.6) is 11.5 Å². The van der Waals surface area contributed by atoms with Crippen molar-refractivity contribution in [3.63, 3.8) is 0 Å². The highest BCUT2D eigenvalue weighted by atomic mass is 19.1. The van der Waals surface area contributed by atoms with Crippen molar-refractivity contribution < 1.29 is 13.9 Å². The van der Waals surface area contributed by atoms with Gasteiger partial charge < -0.3 is 15.2 Å². The van der Waals surface area contributed by atoms with E-state index in [2.05, 4.69) is 4.98 Å². The van der Waals surface area contributed by atoms with Crippen molar-refractivity contribution in [1.29, 1.82) is 0 Å². The Kier molecular flexibility index (Phi) is 4.75. The second kappa shape index (κ2) is 6.54. The minimum absolute atomic E-state index is 0.0889. The Bertz CT molecular complexity index is 644. The fraction of sp³-hybridized carbons (Fsp3) is 0.312. The molecular weight excluding hydrogens is 271 g/mol. The van der Waals surface area contributed by atoms with Crippen LogP contribution in [0.2, 0.25) is 0 Å². The molecule has 0 unspecified atom stereocenters. The van der Waals surface area contributed by atoms with Crippen LogP contribution in [0.15, 0.2) is 24.4 Å². The first-order valence-electron chi connectivity index (χ1n) is 6.67. The number of halogens is 1. The van der Waals surface area contributed by atoms with E-state index in [1.54, 1.807) is 25.4 Å². The topological polar surface area (TPSA) is 57.4 Å². The number of aromatic nitrogens is 1. The summed E-state index contributed by atoms with van der Waals surface area (Å²) in [5, 5.41) is 0. The van der Waals surface area contributed by atoms with E-state index >= 15 is 0 Å². The van der Waals surface area contributed by atoms with Gasteiger partial charge in [-0.2, -0.15) is 0 Å². The molecule has 0 spiro atoms. The zero-order valence-electron chi connectivity index (χ0n) is 12.4. The molecular formula is C16H19FN2O2. The van der Waals surface area contributed by atoms with Gasteiger partial charge in [0.15, 0.2) is 0 Å². The zero-order chi connectivity index (χ0) is 15.4. The number of nitrogens with two attached hydrogens (primary N) is 1. The minimum atomic E-state index is -0.360. The van der Waals surface area contributed by atoms with Crippen LogP contribution >= 0.6 is 0 Å². The van der Waals surface area contributed by atoms with Gasteiger partial charge in [0.1, 0.15) is 23.9 Å². The van der Waals surface area contributed by atoms with Crippen LogP contribution in [0.25, 0.3) is 0 Å². The van der Waals surface area contributed by atoms with E-state index in [4.69, 9.17) is 15.2 Å². The van der Waals surface area contributed by atoms with Crippen molar-refractivity contribution in [3.8, 4) is 11.5 Å². The fourth-order valence-corrected chi connectivity index (χ4v) is 2.23. The molecule has 1 aromatic heterocycles. The van der Waals surface area contributed by atoms with Gasteiger partial charge in [-0.1, -0.05) is 6.07 Å². The third kappa shape index (κ3) is 3.13. The molecule has 4 nitrogen and oxygen atoms in total. The number of benzene rings is 1. The molecule has 0 fully saturated rings. The van der Waals surface area contributed by atoms with Crippen molar-refractivity contribution >= 4 is 0 Å². The van der Waals surface area contributed by atoms with Gasteiger partial charge in [0.2, 0.25) is 0 Å². The zero-order valence-corrected chi connectivity index (χ0v) is 12.4. The molecule has 0 atom stereocenters. The molecule has 0 aliphatic rings. The highest BCUT2D eigenvalue weighted by Gasteiger charge is 2.12. The van der Waals surface area contributed by atoms with Crippen molar-refractivity contribution in [2.45, 2.75) is 27.0 Å². The summed E-state index contributed by atoms with van der Waals surface area (Å²) in [6.07, 6.45) is 1.74. The van der Waals surface area contributed by atoms with E-state index < -0.39 is 0 Å². The lowest BCUT2D eigenvalue weighted by atomic mass is 10.1. The van der Waals surface area contributed by atoms with E-state index in [1.807, 2.05) is 13.8 Å². The molecule has 0 aliphatic carbocycles. The maximum atomic E-state index is 13.6. The van der Waals surface area contributed by atoms with Crippen LogP contribution in [0.1, 0.15) is 22.4 Å². The lowest BCUT2D eigenvalue weighted by Gasteiger charge is -2.14. The summed E-state index contributed by atoms with van der Waals surface area (Å²) in [5.41, 5.74) is 8.57. The monoisotopic (exact) mass is 290 g/mol. The summed E-state index contributed by atoms with van der Waals surface area (Å²) in [6, 6.07) is 4.67. The normalized spacial score (nSPS) is 10.5. The number of pyridine rings is 1. The van der Waals surface area contributed by atoms with Crippen molar-refractivity contribution in [3.05, 3.63) is 52.6 Å². The SMILES string of the molecule is COc1c(C)cnc(COc2cccc(F)c2CN)c1C. The molecule has 2 rings (SSSR count). The van der Waals surface area contributed by atoms with Crippen molar-refractivity contribution in [1.82, 2.24) is 4.98 Å². The molecule has 21 heavy (non-hydrogen) atoms. The second-order valence-electron chi connectivity index (χ2n) is 4.76. The van der Waals surface area contributed by atoms with Gasteiger partial charge in [-0.15, -0.1) is 0 Å². The Morgan fingerprint density at radius 1 is 1.29 bits per heavy atom. The molecule has 1 heterocycles. The third-order valence-corrected chi connectivity index (χ3v) is 3.39. The average Bonchev–Trinajstić information content (AvgIpc) is 2.47. The maximum absolute atomic E-state index is 13.6. The predicted molar refractivity (Wildman–Crippen MR) is 78.9 cm³/mol. The number of rotatable bonds is 5. The molecule has 0 saturated heterocycles. The first-order valence-corrected chi connectivity index (χ1v) is 6.67. The summed E-state index contributed by atoms with van der Waals surface area (Å²) in [6.45, 7) is 4.18. The van der Waals surface area contributed by atoms with Gasteiger partial charge in [-0.05, 0) is 26.0 Å². The number of aryl methyl sites for hydroxylation is 1. The lowest BCUT2D eigenvalue weighted by molar-refractivity contribution is 0.293. The van der Waals surface area contributed by atoms with E-state index in [0.717, 1.165) is 22.6 Å². The predicted octanol–water partition coefficient (Wildman–Crippen LogP) is 2.88. The van der Waals surface area contributed by atoms with E-state index in [-0.39, 0.29) is 19.0 Å². The summed E-state index contributed by atoms with van der Waals surface area (Å²) in [5.74, 6) is 0.876. The van der Waals surface area contributed by atoms with Crippen LogP contribution in [-0.2, 0) is 13.2 Å². The van der Waals surface area contributed by atoms with Gasteiger partial charge in [-0.3, -0.25) is 4.98 Å². The number of ether oxygens (including phenoxy) is 2. The molecule has 0 radical (unpaired) electrons. The number of methoxy groups -OCH3 is 1. The third-order valence-electron chi connectivity index (χ3n) is 3.39. The molecule has 5 heteroatoms. The highest BCUT2D eigenvalue weighted by Crippen LogP contribution is 2.26. The standard InChI is InChI=1S/C16H19FN2O2/c1-10-8-19-14(11(2)16(10)20-3)9-21-15-6-4-5-13(17)12(15)7-18/h4-6,8H,7,9,18H2,1-3H3. The summed E-state index contributed by atoms with van der Waals surface area (Å²) < 4.78 is 24.7. The van der Waals surface area contributed by atoms with Crippen LogP contribution in [0, 0.1) is 19.7 Å². The Hall–Kier alpha value is -2.14. The van der Waals surface area contributed by atoms with E-state index in [9.17, 15) is 4.39 Å². The fourth-order valence-electron chi connectivity index (χ4n) is 2.23. The van der Waals surface area contributed by atoms with E-state index in [1.165, 1.54) is 6.07 Å². The Labute approximate surface area is 123 Å². The molecule has 1 aromatic carbocycles. The minimum Gasteiger partial charge on any atom is -0.496 e.